The van der Waals surface area contributed by atoms with Gasteiger partial charge < -0.3 is 9.32 Å². The molecule has 0 atom stereocenters. The molecule has 0 amide bonds. The highest BCUT2D eigenvalue weighted by Crippen LogP contribution is 2.24. The molecule has 7 heteroatoms. The summed E-state index contributed by atoms with van der Waals surface area (Å²) in [6.45, 7) is 4.78. The molecule has 0 fully saturated rings. The van der Waals surface area contributed by atoms with E-state index in [-0.39, 0.29) is 0 Å². The van der Waals surface area contributed by atoms with E-state index in [1.165, 1.54) is 0 Å². The highest BCUT2D eigenvalue weighted by atomic mass is 32.1. The van der Waals surface area contributed by atoms with E-state index in [0.717, 1.165) is 16.4 Å². The van der Waals surface area contributed by atoms with Crippen LogP contribution < -0.4 is 4.90 Å². The van der Waals surface area contributed by atoms with Crippen molar-refractivity contribution in [1.29, 1.82) is 0 Å². The van der Waals surface area contributed by atoms with Crippen LogP contribution in [0.4, 0.5) is 5.82 Å². The minimum absolute atomic E-state index is 0.425. The van der Waals surface area contributed by atoms with Gasteiger partial charge in [0.25, 0.3) is 5.89 Å². The maximum absolute atomic E-state index is 5.68. The third kappa shape index (κ3) is 2.97. The molecule has 3 heterocycles. The van der Waals surface area contributed by atoms with Gasteiger partial charge in [-0.25, -0.2) is 0 Å². The lowest BCUT2D eigenvalue weighted by atomic mass is 10.1. The fourth-order valence-electron chi connectivity index (χ4n) is 1.92. The summed E-state index contributed by atoms with van der Waals surface area (Å²) in [5, 5.41) is 17.5. The highest BCUT2D eigenvalue weighted by molar-refractivity contribution is 7.13. The van der Waals surface area contributed by atoms with Crippen LogP contribution in [0.3, 0.4) is 0 Å². The van der Waals surface area contributed by atoms with Crippen LogP contribution in [0.5, 0.6) is 0 Å². The van der Waals surface area contributed by atoms with Gasteiger partial charge in [0.05, 0.1) is 11.4 Å². The van der Waals surface area contributed by atoms with Crippen LogP contribution in [0, 0.1) is 0 Å². The number of nitrogens with one attached hydrogen (secondary N) is 1. The monoisotopic (exact) mass is 303 g/mol. The maximum atomic E-state index is 5.68. The molecule has 0 saturated heterocycles. The van der Waals surface area contributed by atoms with Gasteiger partial charge in [0.15, 0.2) is 5.82 Å². The number of rotatable bonds is 5. The Labute approximate surface area is 126 Å². The smallest absolute Gasteiger partial charge is 0.257 e. The summed E-state index contributed by atoms with van der Waals surface area (Å²) < 4.78 is 5.68. The van der Waals surface area contributed by atoms with E-state index in [9.17, 15) is 0 Å². The molecule has 0 saturated carbocycles. The summed E-state index contributed by atoms with van der Waals surface area (Å²) in [5.41, 5.74) is 1.11. The normalized spacial score (nSPS) is 11.2. The lowest BCUT2D eigenvalue weighted by Crippen LogP contribution is -2.16. The number of thiophene rings is 1. The summed E-state index contributed by atoms with van der Waals surface area (Å²) in [4.78, 5) is 2.96. The van der Waals surface area contributed by atoms with Gasteiger partial charge in [-0.3, -0.25) is 5.10 Å². The molecule has 0 spiro atoms. The Hall–Kier alpha value is -2.15. The molecule has 110 valence electrons. The van der Waals surface area contributed by atoms with E-state index in [2.05, 4.69) is 34.2 Å². The number of hydrogen-bond donors (Lipinski definition) is 1. The Bertz CT molecular complexity index is 701. The van der Waals surface area contributed by atoms with Gasteiger partial charge in [0.2, 0.25) is 5.89 Å². The second kappa shape index (κ2) is 5.69. The predicted octanol–water partition coefficient (Wildman–Crippen LogP) is 3.28. The van der Waals surface area contributed by atoms with E-state index < -0.39 is 0 Å². The lowest BCUT2D eigenvalue weighted by Gasteiger charge is -2.12. The van der Waals surface area contributed by atoms with Crippen LogP contribution in [0.2, 0.25) is 0 Å². The molecule has 0 unspecified atom stereocenters. The summed E-state index contributed by atoms with van der Waals surface area (Å²) in [6.07, 6.45) is 0. The Morgan fingerprint density at radius 1 is 1.38 bits per heavy atom. The van der Waals surface area contributed by atoms with Crippen LogP contribution in [0.25, 0.3) is 10.8 Å². The first kappa shape index (κ1) is 13.8. The number of H-pyrrole nitrogens is 1. The quantitative estimate of drug-likeness (QED) is 0.783. The minimum atomic E-state index is 0.425. The maximum Gasteiger partial charge on any atom is 0.257 e. The van der Waals surface area contributed by atoms with E-state index >= 15 is 0 Å². The molecule has 0 bridgehead atoms. The van der Waals surface area contributed by atoms with Crippen molar-refractivity contribution in [3.05, 3.63) is 35.2 Å². The average Bonchev–Trinajstić information content (AvgIpc) is 3.19. The van der Waals surface area contributed by atoms with E-state index in [4.69, 9.17) is 4.42 Å². The number of aromatic amines is 1. The van der Waals surface area contributed by atoms with Gasteiger partial charge in [-0.2, -0.15) is 5.10 Å². The fraction of sp³-hybridized carbons (Fsp3) is 0.357. The Morgan fingerprint density at radius 2 is 2.24 bits per heavy atom. The average molecular weight is 303 g/mol. The molecule has 6 nitrogen and oxygen atoms in total. The Morgan fingerprint density at radius 3 is 2.90 bits per heavy atom. The fourth-order valence-corrected chi connectivity index (χ4v) is 2.56. The Kier molecular flexibility index (Phi) is 3.74. The van der Waals surface area contributed by atoms with Crippen molar-refractivity contribution in [3.63, 3.8) is 0 Å². The first-order valence-corrected chi connectivity index (χ1v) is 7.64. The zero-order valence-corrected chi connectivity index (χ0v) is 13.0. The van der Waals surface area contributed by atoms with Crippen LogP contribution in [-0.2, 0) is 6.54 Å². The van der Waals surface area contributed by atoms with Gasteiger partial charge >= 0.3 is 0 Å². The van der Waals surface area contributed by atoms with Gasteiger partial charge in [-0.15, -0.1) is 21.5 Å². The van der Waals surface area contributed by atoms with Crippen molar-refractivity contribution in [2.75, 3.05) is 11.9 Å². The van der Waals surface area contributed by atoms with E-state index in [1.54, 1.807) is 11.3 Å². The number of nitrogens with zero attached hydrogens (tertiary/aromatic N) is 4. The molecular weight excluding hydrogens is 286 g/mol. The van der Waals surface area contributed by atoms with Crippen molar-refractivity contribution >= 4 is 17.2 Å². The minimum Gasteiger partial charge on any atom is -0.418 e. The van der Waals surface area contributed by atoms with Gasteiger partial charge in [-0.05, 0) is 17.4 Å². The van der Waals surface area contributed by atoms with Crippen molar-refractivity contribution in [2.24, 2.45) is 0 Å². The molecule has 0 radical (unpaired) electrons. The van der Waals surface area contributed by atoms with Gasteiger partial charge in [0.1, 0.15) is 0 Å². The van der Waals surface area contributed by atoms with Crippen LogP contribution in [-0.4, -0.2) is 27.4 Å². The molecule has 0 aliphatic heterocycles. The topological polar surface area (TPSA) is 70.8 Å². The predicted molar refractivity (Wildman–Crippen MR) is 82.4 cm³/mol. The molecule has 3 aromatic heterocycles. The molecule has 0 aromatic carbocycles. The first-order chi connectivity index (χ1) is 10.1. The highest BCUT2D eigenvalue weighted by Gasteiger charge is 2.14. The molecular formula is C14H17N5OS. The van der Waals surface area contributed by atoms with E-state index in [1.807, 2.05) is 35.5 Å². The largest absolute Gasteiger partial charge is 0.418 e. The molecule has 0 aliphatic carbocycles. The van der Waals surface area contributed by atoms with Crippen molar-refractivity contribution in [3.8, 4) is 10.8 Å². The van der Waals surface area contributed by atoms with Crippen molar-refractivity contribution in [1.82, 2.24) is 20.4 Å². The number of aromatic nitrogens is 4. The van der Waals surface area contributed by atoms with Crippen LogP contribution in [0.15, 0.2) is 28.0 Å². The number of hydrogen-bond acceptors (Lipinski definition) is 6. The van der Waals surface area contributed by atoms with Gasteiger partial charge in [0, 0.05) is 18.8 Å². The zero-order valence-electron chi connectivity index (χ0n) is 12.2. The third-order valence-electron chi connectivity index (χ3n) is 3.17. The SMILES string of the molecule is CC(C)c1cc(N(C)Cc2nnc(-c3cccs3)o2)n[nH]1. The number of anilines is 1. The van der Waals surface area contributed by atoms with Crippen LogP contribution in [0.1, 0.15) is 31.4 Å². The van der Waals surface area contributed by atoms with Crippen molar-refractivity contribution in [2.45, 2.75) is 26.3 Å². The van der Waals surface area contributed by atoms with Crippen LogP contribution >= 0.6 is 11.3 Å². The summed E-state index contributed by atoms with van der Waals surface area (Å²) >= 11 is 1.58. The molecule has 21 heavy (non-hydrogen) atoms. The molecule has 3 aromatic rings. The second-order valence-corrected chi connectivity index (χ2v) is 6.12. The van der Waals surface area contributed by atoms with Gasteiger partial charge in [-0.1, -0.05) is 19.9 Å². The summed E-state index contributed by atoms with van der Waals surface area (Å²) in [7, 11) is 1.95. The summed E-state index contributed by atoms with van der Waals surface area (Å²) in [5.74, 6) is 2.44. The molecule has 1 N–H and O–H groups in total. The molecule has 0 aliphatic rings. The first-order valence-electron chi connectivity index (χ1n) is 6.76. The standard InChI is InChI=1S/C14H17N5OS/c1-9(2)10-7-12(16-15-10)19(3)8-13-17-18-14(20-13)11-5-4-6-21-11/h4-7,9H,8H2,1-3H3,(H,15,16). The van der Waals surface area contributed by atoms with Crippen molar-refractivity contribution < 1.29 is 4.42 Å². The summed E-state index contributed by atoms with van der Waals surface area (Å²) in [6, 6.07) is 5.97. The van der Waals surface area contributed by atoms with E-state index in [0.29, 0.717) is 24.2 Å². The zero-order chi connectivity index (χ0) is 14.8. The second-order valence-electron chi connectivity index (χ2n) is 5.17. The Balaban J connectivity index is 1.71. The lowest BCUT2D eigenvalue weighted by molar-refractivity contribution is 0.504. The third-order valence-corrected chi connectivity index (χ3v) is 4.03. The molecule has 3 rings (SSSR count).